The van der Waals surface area contributed by atoms with Crippen LogP contribution in [0.2, 0.25) is 0 Å². The zero-order valence-corrected chi connectivity index (χ0v) is 11.8. The maximum absolute atomic E-state index is 12.5. The summed E-state index contributed by atoms with van der Waals surface area (Å²) in [5.74, 6) is -0.100. The van der Waals surface area contributed by atoms with E-state index in [4.69, 9.17) is 0 Å². The van der Waals surface area contributed by atoms with E-state index in [1.165, 1.54) is 4.90 Å². The molecule has 0 spiro atoms. The SMILES string of the molecule is CC1(C(=O)N(CCBr)CC(F)F)CCCCC1. The van der Waals surface area contributed by atoms with Gasteiger partial charge in [-0.25, -0.2) is 8.78 Å². The minimum absolute atomic E-state index is 0.100. The summed E-state index contributed by atoms with van der Waals surface area (Å²) < 4.78 is 24.9. The van der Waals surface area contributed by atoms with Gasteiger partial charge in [0.25, 0.3) is 6.43 Å². The summed E-state index contributed by atoms with van der Waals surface area (Å²) in [6.45, 7) is 1.83. The maximum Gasteiger partial charge on any atom is 0.255 e. The van der Waals surface area contributed by atoms with Crippen LogP contribution in [-0.4, -0.2) is 35.7 Å². The Bertz CT molecular complexity index is 255. The van der Waals surface area contributed by atoms with E-state index in [0.29, 0.717) is 11.9 Å². The van der Waals surface area contributed by atoms with Crippen LogP contribution in [0.1, 0.15) is 39.0 Å². The highest BCUT2D eigenvalue weighted by molar-refractivity contribution is 9.09. The van der Waals surface area contributed by atoms with Crippen LogP contribution in [0.25, 0.3) is 0 Å². The highest BCUT2D eigenvalue weighted by Crippen LogP contribution is 2.37. The molecule has 0 unspecified atom stereocenters. The average molecular weight is 312 g/mol. The molecule has 5 heteroatoms. The fraction of sp³-hybridized carbons (Fsp3) is 0.917. The van der Waals surface area contributed by atoms with E-state index in [2.05, 4.69) is 15.9 Å². The Kier molecular flexibility index (Phi) is 5.83. The predicted octanol–water partition coefficient (Wildman–Crippen LogP) is 3.45. The molecule has 0 saturated heterocycles. The van der Waals surface area contributed by atoms with Gasteiger partial charge in [0.1, 0.15) is 0 Å². The molecule has 0 heterocycles. The number of hydrogen-bond donors (Lipinski definition) is 0. The number of nitrogens with zero attached hydrogens (tertiary/aromatic N) is 1. The van der Waals surface area contributed by atoms with Crippen molar-refractivity contribution in [2.75, 3.05) is 18.4 Å². The van der Waals surface area contributed by atoms with E-state index in [0.717, 1.165) is 32.1 Å². The van der Waals surface area contributed by atoms with Crippen LogP contribution < -0.4 is 0 Å². The molecular weight excluding hydrogens is 292 g/mol. The summed E-state index contributed by atoms with van der Waals surface area (Å²) in [5.41, 5.74) is -0.421. The van der Waals surface area contributed by atoms with Gasteiger partial charge in [-0.05, 0) is 12.8 Å². The lowest BCUT2D eigenvalue weighted by Crippen LogP contribution is -2.46. The second-order valence-electron chi connectivity index (χ2n) is 4.95. The minimum Gasteiger partial charge on any atom is -0.336 e. The van der Waals surface area contributed by atoms with Gasteiger partial charge in [-0.1, -0.05) is 42.1 Å². The van der Waals surface area contributed by atoms with E-state index in [9.17, 15) is 13.6 Å². The maximum atomic E-state index is 12.5. The van der Waals surface area contributed by atoms with Crippen molar-refractivity contribution in [1.82, 2.24) is 4.90 Å². The van der Waals surface area contributed by atoms with E-state index < -0.39 is 18.4 Å². The van der Waals surface area contributed by atoms with E-state index in [-0.39, 0.29) is 5.91 Å². The molecule has 0 N–H and O–H groups in total. The number of amides is 1. The topological polar surface area (TPSA) is 20.3 Å². The van der Waals surface area contributed by atoms with Crippen LogP contribution in [0.4, 0.5) is 8.78 Å². The first-order chi connectivity index (χ1) is 7.99. The third-order valence-corrected chi connectivity index (χ3v) is 3.83. The van der Waals surface area contributed by atoms with Gasteiger partial charge < -0.3 is 4.90 Å². The highest BCUT2D eigenvalue weighted by atomic mass is 79.9. The molecule has 0 aliphatic heterocycles. The van der Waals surface area contributed by atoms with Crippen molar-refractivity contribution in [1.29, 1.82) is 0 Å². The molecule has 0 radical (unpaired) electrons. The van der Waals surface area contributed by atoms with Crippen molar-refractivity contribution >= 4 is 21.8 Å². The van der Waals surface area contributed by atoms with Gasteiger partial charge in [0.15, 0.2) is 0 Å². The zero-order valence-electron chi connectivity index (χ0n) is 10.2. The summed E-state index contributed by atoms with van der Waals surface area (Å²) >= 11 is 3.21. The number of halogens is 3. The van der Waals surface area contributed by atoms with Crippen molar-refractivity contribution in [3.05, 3.63) is 0 Å². The molecule has 1 aliphatic carbocycles. The first-order valence-electron chi connectivity index (χ1n) is 6.13. The molecule has 100 valence electrons. The summed E-state index contributed by atoms with van der Waals surface area (Å²) in [4.78, 5) is 13.6. The predicted molar refractivity (Wildman–Crippen MR) is 67.6 cm³/mol. The Morgan fingerprint density at radius 3 is 2.41 bits per heavy atom. The van der Waals surface area contributed by atoms with Crippen LogP contribution in [0, 0.1) is 5.41 Å². The monoisotopic (exact) mass is 311 g/mol. The average Bonchev–Trinajstić information content (AvgIpc) is 2.28. The zero-order chi connectivity index (χ0) is 12.9. The number of rotatable bonds is 5. The molecule has 0 aromatic carbocycles. The Morgan fingerprint density at radius 2 is 1.94 bits per heavy atom. The molecule has 1 rings (SSSR count). The smallest absolute Gasteiger partial charge is 0.255 e. The molecule has 0 aromatic rings. The molecule has 0 bridgehead atoms. The minimum atomic E-state index is -2.45. The van der Waals surface area contributed by atoms with Crippen LogP contribution >= 0.6 is 15.9 Å². The molecule has 0 atom stereocenters. The number of carbonyl (C=O) groups excluding carboxylic acids is 1. The van der Waals surface area contributed by atoms with Gasteiger partial charge in [-0.15, -0.1) is 0 Å². The summed E-state index contributed by atoms with van der Waals surface area (Å²) in [5, 5.41) is 0.543. The number of alkyl halides is 3. The lowest BCUT2D eigenvalue weighted by molar-refractivity contribution is -0.144. The molecule has 1 aliphatic rings. The van der Waals surface area contributed by atoms with Crippen LogP contribution in [-0.2, 0) is 4.79 Å². The van der Waals surface area contributed by atoms with Gasteiger partial charge in [0.2, 0.25) is 5.91 Å². The van der Waals surface area contributed by atoms with Gasteiger partial charge >= 0.3 is 0 Å². The quantitative estimate of drug-likeness (QED) is 0.712. The normalized spacial score (nSPS) is 19.4. The lowest BCUT2D eigenvalue weighted by atomic mass is 9.74. The molecule has 2 nitrogen and oxygen atoms in total. The molecular formula is C12H20BrF2NO. The number of hydrogen-bond acceptors (Lipinski definition) is 1. The van der Waals surface area contributed by atoms with Gasteiger partial charge in [0, 0.05) is 17.3 Å². The largest absolute Gasteiger partial charge is 0.336 e. The van der Waals surface area contributed by atoms with Crippen molar-refractivity contribution in [3.63, 3.8) is 0 Å². The van der Waals surface area contributed by atoms with Crippen LogP contribution in [0.15, 0.2) is 0 Å². The molecule has 1 fully saturated rings. The summed E-state index contributed by atoms with van der Waals surface area (Å²) in [6.07, 6.45) is 2.40. The summed E-state index contributed by atoms with van der Waals surface area (Å²) in [6, 6.07) is 0. The second-order valence-corrected chi connectivity index (χ2v) is 5.75. The Morgan fingerprint density at radius 1 is 1.35 bits per heavy atom. The number of carbonyl (C=O) groups is 1. The lowest BCUT2D eigenvalue weighted by Gasteiger charge is -2.37. The highest BCUT2D eigenvalue weighted by Gasteiger charge is 2.37. The Balaban J connectivity index is 2.68. The standard InChI is InChI=1S/C12H20BrF2NO/c1-12(5-3-2-4-6-12)11(17)16(8-7-13)9-10(14)15/h10H,2-9H2,1H3. The van der Waals surface area contributed by atoms with E-state index >= 15 is 0 Å². The Labute approximate surface area is 110 Å². The fourth-order valence-electron chi connectivity index (χ4n) is 2.47. The van der Waals surface area contributed by atoms with E-state index in [1.807, 2.05) is 6.92 Å². The summed E-state index contributed by atoms with van der Waals surface area (Å²) in [7, 11) is 0. The first-order valence-corrected chi connectivity index (χ1v) is 7.25. The van der Waals surface area contributed by atoms with Crippen LogP contribution in [0.3, 0.4) is 0 Å². The third kappa shape index (κ3) is 4.19. The molecule has 17 heavy (non-hydrogen) atoms. The van der Waals surface area contributed by atoms with Crippen molar-refractivity contribution in [2.45, 2.75) is 45.5 Å². The van der Waals surface area contributed by atoms with Gasteiger partial charge in [-0.3, -0.25) is 4.79 Å². The van der Waals surface area contributed by atoms with Gasteiger partial charge in [0.05, 0.1) is 6.54 Å². The Hall–Kier alpha value is -0.190. The molecule has 0 aromatic heterocycles. The van der Waals surface area contributed by atoms with Crippen molar-refractivity contribution < 1.29 is 13.6 Å². The van der Waals surface area contributed by atoms with E-state index in [1.54, 1.807) is 0 Å². The third-order valence-electron chi connectivity index (χ3n) is 3.47. The van der Waals surface area contributed by atoms with Gasteiger partial charge in [-0.2, -0.15) is 0 Å². The molecule has 1 saturated carbocycles. The van der Waals surface area contributed by atoms with Crippen LogP contribution in [0.5, 0.6) is 0 Å². The second kappa shape index (κ2) is 6.66. The van der Waals surface area contributed by atoms with Crippen molar-refractivity contribution in [2.24, 2.45) is 5.41 Å². The fourth-order valence-corrected chi connectivity index (χ4v) is 2.90. The van der Waals surface area contributed by atoms with Crippen molar-refractivity contribution in [3.8, 4) is 0 Å². The molecule has 1 amide bonds. The first kappa shape index (κ1) is 14.9.